The van der Waals surface area contributed by atoms with Crippen molar-refractivity contribution in [2.75, 3.05) is 13.1 Å². The highest BCUT2D eigenvalue weighted by atomic mass is 19.4. The molecule has 1 aliphatic carbocycles. The summed E-state index contributed by atoms with van der Waals surface area (Å²) in [4.78, 5) is 0. The van der Waals surface area contributed by atoms with Crippen molar-refractivity contribution >= 4 is 0 Å². The molecule has 0 radical (unpaired) electrons. The van der Waals surface area contributed by atoms with Gasteiger partial charge in [-0.3, -0.25) is 0 Å². The van der Waals surface area contributed by atoms with E-state index in [4.69, 9.17) is 4.74 Å². The SMILES string of the molecule is FC(F)(F)C1CNCC2(CCCCCC2)O1. The summed E-state index contributed by atoms with van der Waals surface area (Å²) in [6, 6.07) is 0. The lowest BCUT2D eigenvalue weighted by atomic mass is 9.92. The van der Waals surface area contributed by atoms with E-state index in [0.29, 0.717) is 6.54 Å². The van der Waals surface area contributed by atoms with Gasteiger partial charge in [0.2, 0.25) is 0 Å². The fourth-order valence-corrected chi connectivity index (χ4v) is 2.67. The Morgan fingerprint density at radius 2 is 1.69 bits per heavy atom. The van der Waals surface area contributed by atoms with Crippen LogP contribution in [0.3, 0.4) is 0 Å². The average molecular weight is 237 g/mol. The van der Waals surface area contributed by atoms with Crippen LogP contribution in [0.15, 0.2) is 0 Å². The zero-order valence-electron chi connectivity index (χ0n) is 9.28. The molecule has 0 aromatic heterocycles. The Balaban J connectivity index is 2.04. The molecule has 1 aliphatic heterocycles. The Hall–Kier alpha value is -0.290. The van der Waals surface area contributed by atoms with Gasteiger partial charge in [0, 0.05) is 13.1 Å². The van der Waals surface area contributed by atoms with Gasteiger partial charge >= 0.3 is 6.18 Å². The zero-order chi connectivity index (χ0) is 11.6. The Kier molecular flexibility index (Phi) is 3.45. The second-order valence-corrected chi connectivity index (χ2v) is 4.88. The molecule has 0 aromatic carbocycles. The lowest BCUT2D eigenvalue weighted by Crippen LogP contribution is -2.57. The van der Waals surface area contributed by atoms with Crippen molar-refractivity contribution in [3.8, 4) is 0 Å². The van der Waals surface area contributed by atoms with Gasteiger partial charge in [-0.05, 0) is 12.8 Å². The van der Waals surface area contributed by atoms with E-state index in [9.17, 15) is 13.2 Å². The van der Waals surface area contributed by atoms with Gasteiger partial charge in [-0.25, -0.2) is 0 Å². The third kappa shape index (κ3) is 2.69. The number of ether oxygens (including phenoxy) is 1. The Labute approximate surface area is 93.5 Å². The van der Waals surface area contributed by atoms with E-state index in [1.807, 2.05) is 0 Å². The minimum absolute atomic E-state index is 0.106. The maximum Gasteiger partial charge on any atom is 0.415 e. The van der Waals surface area contributed by atoms with E-state index in [1.165, 1.54) is 0 Å². The summed E-state index contributed by atoms with van der Waals surface area (Å²) in [6.45, 7) is 0.463. The van der Waals surface area contributed by atoms with Crippen LogP contribution in [0.1, 0.15) is 38.5 Å². The molecule has 1 atom stereocenters. The fraction of sp³-hybridized carbons (Fsp3) is 1.00. The number of morpholine rings is 1. The van der Waals surface area contributed by atoms with Gasteiger partial charge in [-0.2, -0.15) is 13.2 Å². The molecule has 0 bridgehead atoms. The van der Waals surface area contributed by atoms with Crippen LogP contribution in [0.4, 0.5) is 13.2 Å². The highest BCUT2D eigenvalue weighted by molar-refractivity contribution is 4.92. The number of hydrogen-bond donors (Lipinski definition) is 1. The molecule has 1 spiro atoms. The van der Waals surface area contributed by atoms with Gasteiger partial charge in [0.1, 0.15) is 0 Å². The van der Waals surface area contributed by atoms with Gasteiger partial charge in [-0.1, -0.05) is 25.7 Å². The van der Waals surface area contributed by atoms with Crippen LogP contribution in [-0.4, -0.2) is 31.0 Å². The smallest absolute Gasteiger partial charge is 0.360 e. The summed E-state index contributed by atoms with van der Waals surface area (Å²) in [5.41, 5.74) is -0.561. The van der Waals surface area contributed by atoms with Crippen LogP contribution in [0.5, 0.6) is 0 Å². The predicted octanol–water partition coefficient (Wildman–Crippen LogP) is 2.63. The normalized spacial score (nSPS) is 31.3. The summed E-state index contributed by atoms with van der Waals surface area (Å²) in [5, 5.41) is 2.88. The van der Waals surface area contributed by atoms with Crippen molar-refractivity contribution in [1.29, 1.82) is 0 Å². The molecule has 1 saturated heterocycles. The molecule has 5 heteroatoms. The maximum absolute atomic E-state index is 12.6. The van der Waals surface area contributed by atoms with Crippen molar-refractivity contribution in [1.82, 2.24) is 5.32 Å². The van der Waals surface area contributed by atoms with E-state index in [0.717, 1.165) is 38.5 Å². The minimum atomic E-state index is -4.24. The molecule has 1 N–H and O–H groups in total. The first-order valence-electron chi connectivity index (χ1n) is 5.97. The number of hydrogen-bond acceptors (Lipinski definition) is 2. The van der Waals surface area contributed by atoms with Crippen molar-refractivity contribution in [3.63, 3.8) is 0 Å². The third-order valence-electron chi connectivity index (χ3n) is 3.55. The van der Waals surface area contributed by atoms with E-state index in [2.05, 4.69) is 5.32 Å². The van der Waals surface area contributed by atoms with Gasteiger partial charge in [-0.15, -0.1) is 0 Å². The lowest BCUT2D eigenvalue weighted by Gasteiger charge is -2.42. The molecule has 1 saturated carbocycles. The van der Waals surface area contributed by atoms with Gasteiger partial charge in [0.25, 0.3) is 0 Å². The Bertz CT molecular complexity index is 234. The van der Waals surface area contributed by atoms with Crippen molar-refractivity contribution in [2.24, 2.45) is 0 Å². The first-order chi connectivity index (χ1) is 7.52. The number of alkyl halides is 3. The summed E-state index contributed by atoms with van der Waals surface area (Å²) in [7, 11) is 0. The largest absolute Gasteiger partial charge is 0.415 e. The first-order valence-corrected chi connectivity index (χ1v) is 5.97. The summed E-state index contributed by atoms with van der Waals surface area (Å²) >= 11 is 0. The second-order valence-electron chi connectivity index (χ2n) is 4.88. The molecular weight excluding hydrogens is 219 g/mol. The van der Waals surface area contributed by atoms with Crippen LogP contribution in [0.2, 0.25) is 0 Å². The van der Waals surface area contributed by atoms with Crippen LogP contribution in [-0.2, 0) is 4.74 Å². The number of rotatable bonds is 0. The van der Waals surface area contributed by atoms with Crippen LogP contribution < -0.4 is 5.32 Å². The van der Waals surface area contributed by atoms with Crippen molar-refractivity contribution in [2.45, 2.75) is 56.4 Å². The topological polar surface area (TPSA) is 21.3 Å². The number of halogens is 3. The average Bonchev–Trinajstić information content (AvgIpc) is 2.43. The first kappa shape index (κ1) is 12.2. The van der Waals surface area contributed by atoms with E-state index in [1.54, 1.807) is 0 Å². The maximum atomic E-state index is 12.6. The highest BCUT2D eigenvalue weighted by Crippen LogP contribution is 2.36. The lowest BCUT2D eigenvalue weighted by molar-refractivity contribution is -0.264. The van der Waals surface area contributed by atoms with E-state index < -0.39 is 17.9 Å². The predicted molar refractivity (Wildman–Crippen MR) is 54.2 cm³/mol. The number of nitrogens with one attached hydrogen (secondary N) is 1. The molecule has 2 nitrogen and oxygen atoms in total. The summed E-state index contributed by atoms with van der Waals surface area (Å²) in [5.74, 6) is 0. The Morgan fingerprint density at radius 1 is 1.06 bits per heavy atom. The second kappa shape index (κ2) is 4.53. The van der Waals surface area contributed by atoms with Crippen molar-refractivity contribution in [3.05, 3.63) is 0 Å². The molecule has 1 heterocycles. The standard InChI is InChI=1S/C11H18F3NO/c12-11(13,14)9-7-15-8-10(16-9)5-3-1-2-4-6-10/h9,15H,1-8H2. The molecular formula is C11H18F3NO. The molecule has 2 fully saturated rings. The molecule has 2 aliphatic rings. The fourth-order valence-electron chi connectivity index (χ4n) is 2.67. The molecule has 2 rings (SSSR count). The summed E-state index contributed by atoms with van der Waals surface area (Å²) < 4.78 is 43.2. The van der Waals surface area contributed by atoms with Gasteiger partial charge in [0.05, 0.1) is 5.60 Å². The minimum Gasteiger partial charge on any atom is -0.360 e. The molecule has 94 valence electrons. The van der Waals surface area contributed by atoms with Crippen molar-refractivity contribution < 1.29 is 17.9 Å². The Morgan fingerprint density at radius 3 is 2.25 bits per heavy atom. The van der Waals surface area contributed by atoms with E-state index >= 15 is 0 Å². The monoisotopic (exact) mass is 237 g/mol. The van der Waals surface area contributed by atoms with E-state index in [-0.39, 0.29) is 6.54 Å². The molecule has 1 unspecified atom stereocenters. The molecule has 16 heavy (non-hydrogen) atoms. The zero-order valence-corrected chi connectivity index (χ0v) is 9.28. The van der Waals surface area contributed by atoms with Gasteiger partial charge < -0.3 is 10.1 Å². The quantitative estimate of drug-likeness (QED) is 0.699. The molecule has 0 aromatic rings. The third-order valence-corrected chi connectivity index (χ3v) is 3.55. The van der Waals surface area contributed by atoms with Gasteiger partial charge in [0.15, 0.2) is 6.10 Å². The summed E-state index contributed by atoms with van der Waals surface area (Å²) in [6.07, 6.45) is -0.173. The van der Waals surface area contributed by atoms with Crippen LogP contribution >= 0.6 is 0 Å². The highest BCUT2D eigenvalue weighted by Gasteiger charge is 2.48. The molecule has 0 amide bonds. The van der Waals surface area contributed by atoms with Crippen LogP contribution in [0, 0.1) is 0 Å². The van der Waals surface area contributed by atoms with Crippen LogP contribution in [0.25, 0.3) is 0 Å².